The lowest BCUT2D eigenvalue weighted by molar-refractivity contribution is -0.144. The van der Waals surface area contributed by atoms with E-state index < -0.39 is 0 Å². The molecule has 1 atom stereocenters. The molecule has 2 fully saturated rings. The van der Waals surface area contributed by atoms with Gasteiger partial charge in [0.15, 0.2) is 0 Å². The van der Waals surface area contributed by atoms with Crippen LogP contribution in [0.25, 0.3) is 0 Å². The molecule has 25 heavy (non-hydrogen) atoms. The number of nitrogens with zero attached hydrogens (tertiary/aromatic N) is 2. The average Bonchev–Trinajstić information content (AvgIpc) is 2.65. The normalized spacial score (nSPS) is 23.1. The lowest BCUT2D eigenvalue weighted by atomic mass is 9.67. The molecule has 2 saturated heterocycles. The molecular formula is C20H29N3O2. The molecule has 2 aliphatic rings. The fraction of sp³-hybridized carbons (Fsp3) is 0.600. The van der Waals surface area contributed by atoms with Gasteiger partial charge in [0.1, 0.15) is 0 Å². The minimum atomic E-state index is -0.0468. The maximum atomic E-state index is 12.9. The number of hydrogen-bond donors (Lipinski definition) is 1. The summed E-state index contributed by atoms with van der Waals surface area (Å²) in [4.78, 5) is 29.0. The van der Waals surface area contributed by atoms with Crippen molar-refractivity contribution in [3.05, 3.63) is 35.9 Å². The standard InChI is InChI=1S/C20H29N3O2/c1-3-22-15-20(9-11-23(12-10-20)18(24)14-21-2)13-17(19(22)25)16-7-5-4-6-8-16/h4-8,17,21H,3,9-15H2,1-2H3/t17-/m1/s1. The number of nitrogens with one attached hydrogen (secondary N) is 1. The number of piperidine rings is 2. The molecule has 2 heterocycles. The van der Waals surface area contributed by atoms with Crippen LogP contribution in [0.15, 0.2) is 30.3 Å². The Morgan fingerprint density at radius 1 is 1.24 bits per heavy atom. The first-order chi connectivity index (χ1) is 12.1. The Hall–Kier alpha value is -1.88. The molecule has 1 N–H and O–H groups in total. The summed E-state index contributed by atoms with van der Waals surface area (Å²) < 4.78 is 0. The molecule has 3 rings (SSSR count). The van der Waals surface area contributed by atoms with Gasteiger partial charge >= 0.3 is 0 Å². The summed E-state index contributed by atoms with van der Waals surface area (Å²) in [5, 5.41) is 2.94. The SMILES string of the molecule is CCN1CC2(CCN(C(=O)CNC)CC2)C[C@H](c2ccccc2)C1=O. The zero-order valence-corrected chi connectivity index (χ0v) is 15.3. The number of likely N-dealkylation sites (N-methyl/N-ethyl adjacent to an activating group) is 2. The molecule has 0 radical (unpaired) electrons. The molecule has 0 unspecified atom stereocenters. The van der Waals surface area contributed by atoms with Crippen LogP contribution in [-0.2, 0) is 9.59 Å². The van der Waals surface area contributed by atoms with Gasteiger partial charge in [0, 0.05) is 26.2 Å². The van der Waals surface area contributed by atoms with Crippen LogP contribution in [0.5, 0.6) is 0 Å². The molecule has 2 aliphatic heterocycles. The maximum absolute atomic E-state index is 12.9. The van der Waals surface area contributed by atoms with E-state index in [1.807, 2.05) is 28.0 Å². The van der Waals surface area contributed by atoms with Crippen LogP contribution in [0.4, 0.5) is 0 Å². The fourth-order valence-electron chi connectivity index (χ4n) is 4.36. The Morgan fingerprint density at radius 3 is 2.52 bits per heavy atom. The molecule has 1 spiro atoms. The Kier molecular flexibility index (Phi) is 5.42. The first-order valence-electron chi connectivity index (χ1n) is 9.35. The molecule has 0 bridgehead atoms. The summed E-state index contributed by atoms with van der Waals surface area (Å²) in [7, 11) is 1.81. The van der Waals surface area contributed by atoms with Gasteiger partial charge in [0.05, 0.1) is 12.5 Å². The third-order valence-electron chi connectivity index (χ3n) is 5.86. The van der Waals surface area contributed by atoms with Gasteiger partial charge in [-0.05, 0) is 44.2 Å². The van der Waals surface area contributed by atoms with Gasteiger partial charge in [-0.1, -0.05) is 30.3 Å². The van der Waals surface area contributed by atoms with E-state index in [-0.39, 0.29) is 23.1 Å². The molecule has 0 saturated carbocycles. The zero-order valence-electron chi connectivity index (χ0n) is 15.3. The number of amides is 2. The van der Waals surface area contributed by atoms with E-state index in [1.165, 1.54) is 0 Å². The number of benzene rings is 1. The lowest BCUT2D eigenvalue weighted by Crippen LogP contribution is -2.55. The van der Waals surface area contributed by atoms with Crippen molar-refractivity contribution in [3.63, 3.8) is 0 Å². The molecule has 2 amide bonds. The van der Waals surface area contributed by atoms with Crippen molar-refractivity contribution >= 4 is 11.8 Å². The first-order valence-corrected chi connectivity index (χ1v) is 9.35. The van der Waals surface area contributed by atoms with Crippen LogP contribution in [-0.4, -0.2) is 61.4 Å². The number of hydrogen-bond acceptors (Lipinski definition) is 3. The Balaban J connectivity index is 1.76. The number of likely N-dealkylation sites (tertiary alicyclic amines) is 2. The molecule has 136 valence electrons. The highest BCUT2D eigenvalue weighted by Crippen LogP contribution is 2.45. The van der Waals surface area contributed by atoms with Gasteiger partial charge in [-0.3, -0.25) is 9.59 Å². The molecule has 1 aromatic carbocycles. The third kappa shape index (κ3) is 3.71. The van der Waals surface area contributed by atoms with Crippen molar-refractivity contribution in [1.29, 1.82) is 0 Å². The predicted molar refractivity (Wildman–Crippen MR) is 98.2 cm³/mol. The largest absolute Gasteiger partial charge is 0.342 e. The average molecular weight is 343 g/mol. The number of rotatable bonds is 4. The van der Waals surface area contributed by atoms with E-state index >= 15 is 0 Å². The monoisotopic (exact) mass is 343 g/mol. The smallest absolute Gasteiger partial charge is 0.236 e. The first kappa shape index (κ1) is 17.9. The maximum Gasteiger partial charge on any atom is 0.236 e. The summed E-state index contributed by atoms with van der Waals surface area (Å²) in [6.07, 6.45) is 2.87. The van der Waals surface area contributed by atoms with E-state index in [2.05, 4.69) is 24.4 Å². The van der Waals surface area contributed by atoms with Crippen molar-refractivity contribution in [2.24, 2.45) is 5.41 Å². The predicted octanol–water partition coefficient (Wildman–Crippen LogP) is 1.85. The van der Waals surface area contributed by atoms with Crippen molar-refractivity contribution in [2.75, 3.05) is 39.8 Å². The Morgan fingerprint density at radius 2 is 1.92 bits per heavy atom. The van der Waals surface area contributed by atoms with Crippen molar-refractivity contribution < 1.29 is 9.59 Å². The molecule has 1 aromatic rings. The summed E-state index contributed by atoms with van der Waals surface area (Å²) >= 11 is 0. The summed E-state index contributed by atoms with van der Waals surface area (Å²) in [5.74, 6) is 0.388. The van der Waals surface area contributed by atoms with E-state index in [0.29, 0.717) is 6.54 Å². The van der Waals surface area contributed by atoms with Crippen molar-refractivity contribution in [3.8, 4) is 0 Å². The van der Waals surface area contributed by atoms with Crippen LogP contribution < -0.4 is 5.32 Å². The van der Waals surface area contributed by atoms with E-state index in [1.54, 1.807) is 7.05 Å². The van der Waals surface area contributed by atoms with Gasteiger partial charge < -0.3 is 15.1 Å². The van der Waals surface area contributed by atoms with Gasteiger partial charge in [-0.25, -0.2) is 0 Å². The second-order valence-electron chi connectivity index (χ2n) is 7.43. The topological polar surface area (TPSA) is 52.6 Å². The van der Waals surface area contributed by atoms with Crippen LogP contribution in [0.2, 0.25) is 0 Å². The molecular weight excluding hydrogens is 314 g/mol. The van der Waals surface area contributed by atoms with Crippen LogP contribution >= 0.6 is 0 Å². The van der Waals surface area contributed by atoms with Crippen LogP contribution in [0.1, 0.15) is 37.7 Å². The minimum Gasteiger partial charge on any atom is -0.342 e. The van der Waals surface area contributed by atoms with E-state index in [4.69, 9.17) is 0 Å². The summed E-state index contributed by atoms with van der Waals surface area (Å²) in [6, 6.07) is 10.2. The Bertz CT molecular complexity index is 609. The quantitative estimate of drug-likeness (QED) is 0.908. The molecule has 5 heteroatoms. The van der Waals surface area contributed by atoms with Crippen LogP contribution in [0.3, 0.4) is 0 Å². The summed E-state index contributed by atoms with van der Waals surface area (Å²) in [5.41, 5.74) is 1.26. The Labute approximate surface area is 150 Å². The second-order valence-corrected chi connectivity index (χ2v) is 7.43. The zero-order chi connectivity index (χ0) is 17.9. The van der Waals surface area contributed by atoms with Crippen molar-refractivity contribution in [1.82, 2.24) is 15.1 Å². The van der Waals surface area contributed by atoms with Gasteiger partial charge in [-0.15, -0.1) is 0 Å². The summed E-state index contributed by atoms with van der Waals surface area (Å²) in [6.45, 7) is 5.65. The molecule has 5 nitrogen and oxygen atoms in total. The van der Waals surface area contributed by atoms with Gasteiger partial charge in [0.2, 0.25) is 11.8 Å². The van der Waals surface area contributed by atoms with Gasteiger partial charge in [-0.2, -0.15) is 0 Å². The molecule has 0 aliphatic carbocycles. The third-order valence-corrected chi connectivity index (χ3v) is 5.86. The van der Waals surface area contributed by atoms with Crippen LogP contribution in [0, 0.1) is 5.41 Å². The number of carbonyl (C=O) groups excluding carboxylic acids is 2. The molecule has 0 aromatic heterocycles. The fourth-order valence-corrected chi connectivity index (χ4v) is 4.36. The van der Waals surface area contributed by atoms with E-state index in [0.717, 1.165) is 51.0 Å². The highest BCUT2D eigenvalue weighted by atomic mass is 16.2. The van der Waals surface area contributed by atoms with Crippen molar-refractivity contribution in [2.45, 2.75) is 32.1 Å². The lowest BCUT2D eigenvalue weighted by Gasteiger charge is -2.49. The highest BCUT2D eigenvalue weighted by Gasteiger charge is 2.46. The second kappa shape index (κ2) is 7.56. The number of carbonyl (C=O) groups is 2. The highest BCUT2D eigenvalue weighted by molar-refractivity contribution is 5.85. The van der Waals surface area contributed by atoms with E-state index in [9.17, 15) is 9.59 Å². The minimum absolute atomic E-state index is 0.0468. The van der Waals surface area contributed by atoms with Gasteiger partial charge in [0.25, 0.3) is 0 Å².